The second kappa shape index (κ2) is 9.24. The number of fused-ring (bicyclic) bond motifs is 1. The Morgan fingerprint density at radius 2 is 2.14 bits per heavy atom. The maximum absolute atomic E-state index is 13.0. The van der Waals surface area contributed by atoms with Crippen LogP contribution in [0.2, 0.25) is 4.34 Å². The van der Waals surface area contributed by atoms with E-state index in [0.29, 0.717) is 22.5 Å². The number of carbonyl (C=O) groups is 1. The molecule has 2 aromatic heterocycles. The molecule has 29 heavy (non-hydrogen) atoms. The van der Waals surface area contributed by atoms with Crippen LogP contribution in [0.25, 0.3) is 21.5 Å². The molecule has 4 nitrogen and oxygen atoms in total. The highest BCUT2D eigenvalue weighted by Crippen LogP contribution is 2.32. The molecule has 0 saturated carbocycles. The molecule has 1 aromatic carbocycles. The SMILES string of the molecule is C[C@@H]1CCCCN1CCCNC(=O)c1cc(-c2ccc(Cl)s2)nc2ccccc12. The van der Waals surface area contributed by atoms with E-state index in [4.69, 9.17) is 16.6 Å². The number of rotatable bonds is 6. The van der Waals surface area contributed by atoms with Gasteiger partial charge in [0.05, 0.1) is 26.0 Å². The van der Waals surface area contributed by atoms with Crippen LogP contribution in [0.4, 0.5) is 0 Å². The minimum Gasteiger partial charge on any atom is -0.352 e. The largest absolute Gasteiger partial charge is 0.352 e. The Morgan fingerprint density at radius 3 is 2.93 bits per heavy atom. The number of benzene rings is 1. The molecular weight excluding hydrogens is 402 g/mol. The molecule has 4 rings (SSSR count). The lowest BCUT2D eigenvalue weighted by atomic mass is 10.0. The molecule has 1 N–H and O–H groups in total. The summed E-state index contributed by atoms with van der Waals surface area (Å²) in [6, 6.07) is 14.1. The Bertz CT molecular complexity index is 1000. The molecule has 0 aliphatic carbocycles. The van der Waals surface area contributed by atoms with E-state index in [1.54, 1.807) is 0 Å². The van der Waals surface area contributed by atoms with Crippen molar-refractivity contribution in [2.75, 3.05) is 19.6 Å². The molecule has 0 spiro atoms. The van der Waals surface area contributed by atoms with Crippen molar-refractivity contribution in [3.63, 3.8) is 0 Å². The summed E-state index contributed by atoms with van der Waals surface area (Å²) in [5.74, 6) is -0.0424. The van der Waals surface area contributed by atoms with Gasteiger partial charge in [-0.15, -0.1) is 11.3 Å². The number of aromatic nitrogens is 1. The van der Waals surface area contributed by atoms with Gasteiger partial charge >= 0.3 is 0 Å². The number of para-hydroxylation sites is 1. The van der Waals surface area contributed by atoms with Gasteiger partial charge in [-0.25, -0.2) is 4.98 Å². The van der Waals surface area contributed by atoms with Crippen molar-refractivity contribution in [3.05, 3.63) is 52.4 Å². The van der Waals surface area contributed by atoms with E-state index in [-0.39, 0.29) is 5.91 Å². The lowest BCUT2D eigenvalue weighted by molar-refractivity contribution is 0.0950. The highest BCUT2D eigenvalue weighted by molar-refractivity contribution is 7.19. The van der Waals surface area contributed by atoms with Gasteiger partial charge < -0.3 is 10.2 Å². The Balaban J connectivity index is 1.47. The van der Waals surface area contributed by atoms with E-state index in [0.717, 1.165) is 34.4 Å². The Morgan fingerprint density at radius 1 is 1.28 bits per heavy atom. The van der Waals surface area contributed by atoms with Crippen molar-refractivity contribution < 1.29 is 4.79 Å². The van der Waals surface area contributed by atoms with E-state index < -0.39 is 0 Å². The van der Waals surface area contributed by atoms with Crippen LogP contribution < -0.4 is 5.32 Å². The number of hydrogen-bond donors (Lipinski definition) is 1. The number of carbonyl (C=O) groups excluding carboxylic acids is 1. The molecule has 1 aliphatic rings. The number of thiophene rings is 1. The molecule has 3 heterocycles. The maximum Gasteiger partial charge on any atom is 0.252 e. The van der Waals surface area contributed by atoms with Crippen LogP contribution >= 0.6 is 22.9 Å². The predicted molar refractivity (Wildman–Crippen MR) is 122 cm³/mol. The summed E-state index contributed by atoms with van der Waals surface area (Å²) in [5.41, 5.74) is 2.27. The topological polar surface area (TPSA) is 45.2 Å². The molecule has 1 fully saturated rings. The predicted octanol–water partition coefficient (Wildman–Crippen LogP) is 5.61. The van der Waals surface area contributed by atoms with Gasteiger partial charge in [0.1, 0.15) is 0 Å². The van der Waals surface area contributed by atoms with Crippen LogP contribution in [0.5, 0.6) is 0 Å². The number of piperidine rings is 1. The molecule has 1 saturated heterocycles. The van der Waals surface area contributed by atoms with Crippen LogP contribution in [0.3, 0.4) is 0 Å². The summed E-state index contributed by atoms with van der Waals surface area (Å²) >= 11 is 7.57. The number of likely N-dealkylation sites (tertiary alicyclic amines) is 1. The number of amides is 1. The monoisotopic (exact) mass is 427 g/mol. The third-order valence-corrected chi connectivity index (χ3v) is 6.89. The van der Waals surface area contributed by atoms with Crippen molar-refractivity contribution >= 4 is 39.7 Å². The molecule has 152 valence electrons. The van der Waals surface area contributed by atoms with Gasteiger partial charge in [0.2, 0.25) is 0 Å². The molecule has 0 unspecified atom stereocenters. The molecule has 0 bridgehead atoms. The van der Waals surface area contributed by atoms with Crippen molar-refractivity contribution in [1.82, 2.24) is 15.2 Å². The van der Waals surface area contributed by atoms with Crippen molar-refractivity contribution in [2.24, 2.45) is 0 Å². The van der Waals surface area contributed by atoms with Crippen LogP contribution in [-0.4, -0.2) is 41.5 Å². The normalized spacial score (nSPS) is 17.5. The first kappa shape index (κ1) is 20.3. The Labute approximate surface area is 180 Å². The van der Waals surface area contributed by atoms with Gasteiger partial charge in [0.15, 0.2) is 0 Å². The van der Waals surface area contributed by atoms with E-state index in [1.807, 2.05) is 42.5 Å². The first-order chi connectivity index (χ1) is 14.1. The van der Waals surface area contributed by atoms with Crippen LogP contribution in [0.1, 0.15) is 43.0 Å². The van der Waals surface area contributed by atoms with Gasteiger partial charge in [0, 0.05) is 24.5 Å². The standard InChI is InChI=1S/C23H26ClN3OS/c1-16-7-4-5-13-27(16)14-6-12-25-23(28)18-15-20(21-10-11-22(24)29-21)26-19-9-3-2-8-17(18)19/h2-3,8-11,15-16H,4-7,12-14H2,1H3,(H,25,28)/t16-/m1/s1. The Kier molecular flexibility index (Phi) is 6.48. The van der Waals surface area contributed by atoms with E-state index in [9.17, 15) is 4.79 Å². The molecule has 1 amide bonds. The number of hydrogen-bond acceptors (Lipinski definition) is 4. The van der Waals surface area contributed by atoms with Crippen molar-refractivity contribution in [3.8, 4) is 10.6 Å². The Hall–Kier alpha value is -1.95. The molecule has 6 heteroatoms. The van der Waals surface area contributed by atoms with Gasteiger partial charge in [-0.1, -0.05) is 36.2 Å². The highest BCUT2D eigenvalue weighted by Gasteiger charge is 2.18. The van der Waals surface area contributed by atoms with Gasteiger partial charge in [-0.05, 0) is 57.0 Å². The second-order valence-electron chi connectivity index (χ2n) is 7.67. The van der Waals surface area contributed by atoms with Crippen molar-refractivity contribution in [2.45, 2.75) is 38.6 Å². The zero-order valence-electron chi connectivity index (χ0n) is 16.7. The van der Waals surface area contributed by atoms with Crippen molar-refractivity contribution in [1.29, 1.82) is 0 Å². The van der Waals surface area contributed by atoms with Crippen LogP contribution in [0, 0.1) is 0 Å². The fraction of sp³-hybridized carbons (Fsp3) is 0.391. The third-order valence-electron chi connectivity index (χ3n) is 5.63. The third kappa shape index (κ3) is 4.80. The number of halogens is 1. The summed E-state index contributed by atoms with van der Waals surface area (Å²) in [6.45, 7) is 5.20. The molecule has 1 aliphatic heterocycles. The zero-order valence-corrected chi connectivity index (χ0v) is 18.2. The van der Waals surface area contributed by atoms with Gasteiger partial charge in [-0.2, -0.15) is 0 Å². The van der Waals surface area contributed by atoms with Crippen LogP contribution in [-0.2, 0) is 0 Å². The number of nitrogens with zero attached hydrogens (tertiary/aromatic N) is 2. The fourth-order valence-electron chi connectivity index (χ4n) is 4.01. The van der Waals surface area contributed by atoms with E-state index in [1.165, 1.54) is 37.1 Å². The summed E-state index contributed by atoms with van der Waals surface area (Å²) < 4.78 is 0.716. The second-order valence-corrected chi connectivity index (χ2v) is 9.38. The van der Waals surface area contributed by atoms with Gasteiger partial charge in [0.25, 0.3) is 5.91 Å². The molecule has 3 aromatic rings. The average molecular weight is 428 g/mol. The highest BCUT2D eigenvalue weighted by atomic mass is 35.5. The summed E-state index contributed by atoms with van der Waals surface area (Å²) in [4.78, 5) is 21.2. The van der Waals surface area contributed by atoms with E-state index in [2.05, 4.69) is 17.1 Å². The maximum atomic E-state index is 13.0. The molecular formula is C23H26ClN3OS. The molecule has 1 atom stereocenters. The lowest BCUT2D eigenvalue weighted by Crippen LogP contribution is -2.39. The first-order valence-corrected chi connectivity index (χ1v) is 11.5. The van der Waals surface area contributed by atoms with E-state index >= 15 is 0 Å². The quantitative estimate of drug-likeness (QED) is 0.520. The van der Waals surface area contributed by atoms with Gasteiger partial charge in [-0.3, -0.25) is 4.79 Å². The number of nitrogens with one attached hydrogen (secondary N) is 1. The fourth-order valence-corrected chi connectivity index (χ4v) is 5.01. The summed E-state index contributed by atoms with van der Waals surface area (Å²) in [6.07, 6.45) is 4.87. The lowest BCUT2D eigenvalue weighted by Gasteiger charge is -2.33. The minimum atomic E-state index is -0.0424. The summed E-state index contributed by atoms with van der Waals surface area (Å²) in [7, 11) is 0. The first-order valence-electron chi connectivity index (χ1n) is 10.3. The summed E-state index contributed by atoms with van der Waals surface area (Å²) in [5, 5.41) is 3.99. The van der Waals surface area contributed by atoms with Crippen LogP contribution in [0.15, 0.2) is 42.5 Å². The zero-order chi connectivity index (χ0) is 20.2. The molecule has 0 radical (unpaired) electrons. The minimum absolute atomic E-state index is 0.0424. The average Bonchev–Trinajstić information content (AvgIpc) is 3.18. The number of pyridine rings is 1. The smallest absolute Gasteiger partial charge is 0.252 e.